The van der Waals surface area contributed by atoms with Gasteiger partial charge in [-0.25, -0.2) is 9.79 Å². The van der Waals surface area contributed by atoms with Gasteiger partial charge < -0.3 is 23.7 Å². The molecule has 0 aliphatic carbocycles. The number of thiazole rings is 1. The number of ether oxygens (including phenoxy) is 5. The lowest BCUT2D eigenvalue weighted by molar-refractivity contribution is -0.139. The largest absolute Gasteiger partial charge is 0.493 e. The number of nitrogens with zero attached hydrogens (tertiary/aromatic N) is 2. The Balaban J connectivity index is 1.60. The minimum Gasteiger partial charge on any atom is -0.493 e. The van der Waals surface area contributed by atoms with Crippen LogP contribution < -0.4 is 33.8 Å². The maximum absolute atomic E-state index is 14.2. The molecule has 258 valence electrons. The highest BCUT2D eigenvalue weighted by atomic mass is 35.5. The number of rotatable bonds is 12. The van der Waals surface area contributed by atoms with Crippen molar-refractivity contribution in [2.75, 3.05) is 20.3 Å². The number of allylic oxidation sites excluding steroid dienone is 1. The van der Waals surface area contributed by atoms with Crippen molar-refractivity contribution in [2.24, 2.45) is 4.99 Å². The van der Waals surface area contributed by atoms with Crippen molar-refractivity contribution in [3.05, 3.63) is 111 Å². The Morgan fingerprint density at radius 3 is 2.41 bits per heavy atom. The lowest BCUT2D eigenvalue weighted by Crippen LogP contribution is -2.40. The summed E-state index contributed by atoms with van der Waals surface area (Å²) >= 11 is 20.1. The molecule has 0 amide bonds. The van der Waals surface area contributed by atoms with Gasteiger partial charge in [0.15, 0.2) is 27.8 Å². The first kappa shape index (κ1) is 36.3. The number of halogens is 3. The lowest BCUT2D eigenvalue weighted by Gasteiger charge is -2.25. The van der Waals surface area contributed by atoms with Gasteiger partial charge >= 0.3 is 5.97 Å². The Labute approximate surface area is 302 Å². The third-order valence-electron chi connectivity index (χ3n) is 7.38. The summed E-state index contributed by atoms with van der Waals surface area (Å²) < 4.78 is 30.8. The molecule has 0 N–H and O–H groups in total. The van der Waals surface area contributed by atoms with Crippen molar-refractivity contribution < 1.29 is 28.5 Å². The number of aromatic nitrogens is 1. The van der Waals surface area contributed by atoms with E-state index in [0.29, 0.717) is 70.8 Å². The highest BCUT2D eigenvalue weighted by Crippen LogP contribution is 2.39. The Hall–Kier alpha value is -3.96. The summed E-state index contributed by atoms with van der Waals surface area (Å²) in [4.78, 5) is 32.7. The smallest absolute Gasteiger partial charge is 0.338 e. The number of esters is 1. The SMILES string of the molecule is CCOC(=O)C1=C(C)N=c2s/c(=C\c3cc(Cl)c(OCc4ccc(Cl)c(Cl)c4)c(OCC)c3)c(=O)n2[C@@H]1c1ccc(OC(C)C)c(OC)c1. The number of carbonyl (C=O) groups excluding carboxylic acids is 1. The van der Waals surface area contributed by atoms with Crippen LogP contribution in [0.3, 0.4) is 0 Å². The third kappa shape index (κ3) is 7.94. The molecule has 0 unspecified atom stereocenters. The average Bonchev–Trinajstić information content (AvgIpc) is 3.35. The molecular formula is C36H35Cl3N2O7S. The van der Waals surface area contributed by atoms with Crippen LogP contribution in [-0.2, 0) is 16.1 Å². The number of methoxy groups -OCH3 is 1. The van der Waals surface area contributed by atoms with Crippen molar-refractivity contribution in [3.63, 3.8) is 0 Å². The second-order valence-corrected chi connectivity index (χ2v) is 13.4. The topological polar surface area (TPSA) is 97.6 Å². The normalized spacial score (nSPS) is 14.4. The lowest BCUT2D eigenvalue weighted by atomic mass is 9.95. The molecule has 0 radical (unpaired) electrons. The summed E-state index contributed by atoms with van der Waals surface area (Å²) in [5, 5.41) is 1.15. The van der Waals surface area contributed by atoms with Crippen LogP contribution in [-0.4, -0.2) is 37.0 Å². The zero-order valence-electron chi connectivity index (χ0n) is 27.8. The molecule has 9 nitrogen and oxygen atoms in total. The molecule has 4 aromatic rings. The van der Waals surface area contributed by atoms with Crippen LogP contribution in [0, 0.1) is 0 Å². The molecule has 5 rings (SSSR count). The van der Waals surface area contributed by atoms with E-state index in [1.165, 1.54) is 23.0 Å². The minimum absolute atomic E-state index is 0.0883. The van der Waals surface area contributed by atoms with Gasteiger partial charge in [-0.1, -0.05) is 58.3 Å². The highest BCUT2D eigenvalue weighted by molar-refractivity contribution is 7.07. The first-order valence-electron chi connectivity index (χ1n) is 15.5. The molecule has 13 heteroatoms. The molecule has 0 spiro atoms. The van der Waals surface area contributed by atoms with Crippen LogP contribution >= 0.6 is 46.1 Å². The number of hydrogen-bond acceptors (Lipinski definition) is 9. The molecule has 0 saturated heterocycles. The number of carbonyl (C=O) groups is 1. The molecule has 0 saturated carbocycles. The second-order valence-electron chi connectivity index (χ2n) is 11.2. The predicted molar refractivity (Wildman–Crippen MR) is 193 cm³/mol. The van der Waals surface area contributed by atoms with E-state index in [9.17, 15) is 9.59 Å². The van der Waals surface area contributed by atoms with Crippen molar-refractivity contribution in [2.45, 2.75) is 53.4 Å². The maximum atomic E-state index is 14.2. The molecule has 1 aliphatic heterocycles. The highest BCUT2D eigenvalue weighted by Gasteiger charge is 2.34. The fourth-order valence-electron chi connectivity index (χ4n) is 5.32. The molecule has 0 fully saturated rings. The molecule has 1 aliphatic rings. The molecule has 3 aromatic carbocycles. The van der Waals surface area contributed by atoms with Crippen LogP contribution in [0.15, 0.2) is 69.6 Å². The standard InChI is InChI=1S/C36H35Cl3N2O7S/c1-7-45-29-15-22(14-26(39)33(29)47-18-21-9-11-24(37)25(38)13-21)16-30-34(42)41-32(23-10-12-27(48-19(3)4)28(17-23)44-6)31(35(43)46-8-2)20(5)40-36(41)49-30/h9-17,19,32H,7-8,18H2,1-6H3/b30-16-/t32-/m1/s1. The van der Waals surface area contributed by atoms with E-state index in [0.717, 1.165) is 5.56 Å². The number of benzene rings is 3. The van der Waals surface area contributed by atoms with Crippen molar-refractivity contribution >= 4 is 58.2 Å². The van der Waals surface area contributed by atoms with Gasteiger partial charge in [0.2, 0.25) is 0 Å². The maximum Gasteiger partial charge on any atom is 0.338 e. The molecular weight excluding hydrogens is 711 g/mol. The van der Waals surface area contributed by atoms with Gasteiger partial charge in [-0.2, -0.15) is 0 Å². The fourth-order valence-corrected chi connectivity index (χ4v) is 6.96. The minimum atomic E-state index is -0.834. The first-order chi connectivity index (χ1) is 23.4. The van der Waals surface area contributed by atoms with E-state index in [1.54, 1.807) is 56.3 Å². The quantitative estimate of drug-likeness (QED) is 0.138. The fraction of sp³-hybridized carbons (Fsp3) is 0.306. The summed E-state index contributed by atoms with van der Waals surface area (Å²) in [5.41, 5.74) is 2.38. The van der Waals surface area contributed by atoms with E-state index in [1.807, 2.05) is 32.9 Å². The molecule has 1 atom stereocenters. The van der Waals surface area contributed by atoms with E-state index < -0.39 is 12.0 Å². The second kappa shape index (κ2) is 15.7. The zero-order chi connectivity index (χ0) is 35.4. The van der Waals surface area contributed by atoms with Crippen LogP contribution in [0.5, 0.6) is 23.0 Å². The molecule has 2 heterocycles. The summed E-state index contributed by atoms with van der Waals surface area (Å²) in [6.45, 7) is 9.82. The summed E-state index contributed by atoms with van der Waals surface area (Å²) in [6.07, 6.45) is 1.62. The van der Waals surface area contributed by atoms with E-state index in [4.69, 9.17) is 58.5 Å². The average molecular weight is 746 g/mol. The van der Waals surface area contributed by atoms with E-state index >= 15 is 0 Å². The Kier molecular flexibility index (Phi) is 11.7. The monoisotopic (exact) mass is 744 g/mol. The van der Waals surface area contributed by atoms with E-state index in [-0.39, 0.29) is 30.5 Å². The van der Waals surface area contributed by atoms with Crippen molar-refractivity contribution in [3.8, 4) is 23.0 Å². The van der Waals surface area contributed by atoms with Crippen LogP contribution in [0.25, 0.3) is 6.08 Å². The van der Waals surface area contributed by atoms with Crippen LogP contribution in [0.2, 0.25) is 15.1 Å². The Morgan fingerprint density at radius 2 is 1.73 bits per heavy atom. The van der Waals surface area contributed by atoms with Gasteiger partial charge in [0.25, 0.3) is 5.56 Å². The predicted octanol–water partition coefficient (Wildman–Crippen LogP) is 7.53. The number of hydrogen-bond donors (Lipinski definition) is 0. The molecule has 1 aromatic heterocycles. The van der Waals surface area contributed by atoms with Gasteiger partial charge in [-0.05, 0) is 93.8 Å². The van der Waals surface area contributed by atoms with Crippen molar-refractivity contribution in [1.82, 2.24) is 4.57 Å². The summed E-state index contributed by atoms with van der Waals surface area (Å²) in [7, 11) is 1.54. The van der Waals surface area contributed by atoms with Gasteiger partial charge in [-0.15, -0.1) is 0 Å². The molecule has 0 bridgehead atoms. The summed E-state index contributed by atoms with van der Waals surface area (Å²) in [5.74, 6) is 1.20. The van der Waals surface area contributed by atoms with Gasteiger partial charge in [-0.3, -0.25) is 9.36 Å². The Bertz CT molecular complexity index is 2110. The zero-order valence-corrected chi connectivity index (χ0v) is 30.9. The van der Waals surface area contributed by atoms with Gasteiger partial charge in [0.1, 0.15) is 6.61 Å². The first-order valence-corrected chi connectivity index (χ1v) is 17.5. The van der Waals surface area contributed by atoms with Crippen LogP contribution in [0.4, 0.5) is 0 Å². The van der Waals surface area contributed by atoms with Crippen LogP contribution in [0.1, 0.15) is 57.4 Å². The Morgan fingerprint density at radius 1 is 0.959 bits per heavy atom. The number of fused-ring (bicyclic) bond motifs is 1. The summed E-state index contributed by atoms with van der Waals surface area (Å²) in [6, 6.07) is 13.2. The van der Waals surface area contributed by atoms with E-state index in [2.05, 4.69) is 4.99 Å². The van der Waals surface area contributed by atoms with Gasteiger partial charge in [0, 0.05) is 0 Å². The third-order valence-corrected chi connectivity index (χ3v) is 9.38. The molecule has 49 heavy (non-hydrogen) atoms. The van der Waals surface area contributed by atoms with Gasteiger partial charge in [0.05, 0.1) is 63.3 Å². The van der Waals surface area contributed by atoms with Crippen molar-refractivity contribution in [1.29, 1.82) is 0 Å².